The minimum atomic E-state index is -2.23. The van der Waals surface area contributed by atoms with Gasteiger partial charge >= 0.3 is 5.97 Å². The lowest BCUT2D eigenvalue weighted by atomic mass is 9.71. The largest absolute Gasteiger partial charge is 0.456 e. The molecule has 0 aromatic heterocycles. The first-order valence-electron chi connectivity index (χ1n) is 21.2. The van der Waals surface area contributed by atoms with Gasteiger partial charge in [-0.1, -0.05) is 85.8 Å². The lowest BCUT2D eigenvalue weighted by Crippen LogP contribution is -2.75. The zero-order valence-electron chi connectivity index (χ0n) is 36.4. The molecular formula is C45H72O13. The van der Waals surface area contributed by atoms with Crippen LogP contribution in [0.5, 0.6) is 0 Å². The molecule has 58 heavy (non-hydrogen) atoms. The molecule has 13 nitrogen and oxygen atoms in total. The average molecular weight is 821 g/mol. The Balaban J connectivity index is 2.06. The van der Waals surface area contributed by atoms with Gasteiger partial charge in [-0.25, -0.2) is 4.79 Å². The summed E-state index contributed by atoms with van der Waals surface area (Å²) in [5, 5.41) is 67.3. The molecule has 0 amide bonds. The molecule has 0 aliphatic carbocycles. The number of aliphatic hydroxyl groups excluding tert-OH is 4. The molecule has 3 rings (SSSR count). The zero-order chi connectivity index (χ0) is 44.1. The van der Waals surface area contributed by atoms with E-state index in [4.69, 9.17) is 14.2 Å². The molecule has 0 aromatic carbocycles. The molecule has 0 aromatic rings. The summed E-state index contributed by atoms with van der Waals surface area (Å²) < 4.78 is 19.0. The number of carbonyl (C=O) groups is 4. The van der Waals surface area contributed by atoms with Gasteiger partial charge < -0.3 is 44.8 Å². The lowest BCUT2D eigenvalue weighted by Gasteiger charge is -2.57. The van der Waals surface area contributed by atoms with Crippen molar-refractivity contribution < 1.29 is 64.0 Å². The highest BCUT2D eigenvalue weighted by Crippen LogP contribution is 2.49. The Morgan fingerprint density at radius 1 is 0.828 bits per heavy atom. The normalized spacial score (nSPS) is 46.9. The van der Waals surface area contributed by atoms with Crippen molar-refractivity contribution >= 4 is 23.3 Å². The summed E-state index contributed by atoms with van der Waals surface area (Å²) in [4.78, 5) is 54.6. The van der Waals surface area contributed by atoms with Gasteiger partial charge in [-0.3, -0.25) is 14.4 Å². The standard InChI is InChI=1S/C45H72O13/c1-12-32-17-15-13-14-16-25(3)40(52)43(10,54)41(53)31(9)39(51)30(8)38(50)29(7)37(49)24(2)18-21-36(48)56-42-28(6)33(20-19-32)57-45(44(42,11)55)35(47)22-26(4)34(58-45)23-27(5)46/h13-15,17-18,21,24-34,37,39-40,42,46,49,51-52,54-55H,12,16,19-20,22-23H2,1-11H3/b14-13+,17-15+,21-18+/t24-,25+,26-,27+,28+,29-,30-,31-,32-,33-,34-,37+,39?,40-,42+,43+,44+,45-/m1/s1. The van der Waals surface area contributed by atoms with Crippen LogP contribution in [0, 0.1) is 47.3 Å². The second kappa shape index (κ2) is 20.3. The van der Waals surface area contributed by atoms with Gasteiger partial charge in [0.15, 0.2) is 17.2 Å². The molecule has 330 valence electrons. The predicted molar refractivity (Wildman–Crippen MR) is 217 cm³/mol. The second-order valence-corrected chi connectivity index (χ2v) is 18.2. The van der Waals surface area contributed by atoms with Crippen molar-refractivity contribution in [1.82, 2.24) is 0 Å². The summed E-state index contributed by atoms with van der Waals surface area (Å²) in [6, 6.07) is 0. The Bertz CT molecular complexity index is 1510. The fraction of sp³-hybridized carbons (Fsp3) is 0.778. The van der Waals surface area contributed by atoms with E-state index in [1.165, 1.54) is 40.7 Å². The first-order chi connectivity index (χ1) is 26.8. The van der Waals surface area contributed by atoms with Crippen molar-refractivity contribution in [3.63, 3.8) is 0 Å². The summed E-state index contributed by atoms with van der Waals surface area (Å²) in [5.41, 5.74) is -4.38. The number of carbonyl (C=O) groups excluding carboxylic acids is 4. The van der Waals surface area contributed by atoms with Gasteiger partial charge in [0.1, 0.15) is 17.5 Å². The van der Waals surface area contributed by atoms with Gasteiger partial charge in [0, 0.05) is 42.1 Å². The van der Waals surface area contributed by atoms with Crippen LogP contribution < -0.4 is 0 Å². The molecule has 2 saturated heterocycles. The van der Waals surface area contributed by atoms with E-state index in [1.54, 1.807) is 27.7 Å². The van der Waals surface area contributed by atoms with Crippen LogP contribution in [-0.4, -0.2) is 114 Å². The molecule has 1 unspecified atom stereocenters. The topological polar surface area (TPSA) is 217 Å². The predicted octanol–water partition coefficient (Wildman–Crippen LogP) is 4.18. The number of rotatable bonds is 3. The van der Waals surface area contributed by atoms with Crippen molar-refractivity contribution in [2.75, 3.05) is 0 Å². The SMILES string of the molecule is CC[C@@H]1/C=C/C=C/C[C@H](C)[C@@H](O)[C@](C)(O)C(=O)[C@H](C)C(O)[C@H](C)C(=O)[C@H](C)[C@@H](O)[C@H](C)/C=C/C(=O)O[C@H]2[C@@H](C)[C@@H](CC1)O[C@]1(O[C@H](C[C@H](C)O)[C@H](C)CC1=O)[C@@]2(C)O. The molecule has 2 fully saturated rings. The number of aliphatic hydroxyl groups is 6. The van der Waals surface area contributed by atoms with E-state index in [0.29, 0.717) is 19.3 Å². The summed E-state index contributed by atoms with van der Waals surface area (Å²) in [5.74, 6) is -10.5. The van der Waals surface area contributed by atoms with Gasteiger partial charge in [-0.05, 0) is 70.6 Å². The van der Waals surface area contributed by atoms with E-state index in [-0.39, 0.29) is 24.7 Å². The Kier molecular flexibility index (Phi) is 17.4. The second-order valence-electron chi connectivity index (χ2n) is 18.2. The van der Waals surface area contributed by atoms with Crippen molar-refractivity contribution in [2.45, 2.75) is 174 Å². The molecule has 1 spiro atoms. The summed E-state index contributed by atoms with van der Waals surface area (Å²) in [6.07, 6.45) is 4.55. The molecule has 3 heterocycles. The maximum absolute atomic E-state index is 14.0. The summed E-state index contributed by atoms with van der Waals surface area (Å²) >= 11 is 0. The van der Waals surface area contributed by atoms with Crippen LogP contribution >= 0.6 is 0 Å². The van der Waals surface area contributed by atoms with E-state index in [2.05, 4.69) is 0 Å². The van der Waals surface area contributed by atoms with E-state index in [0.717, 1.165) is 12.5 Å². The maximum atomic E-state index is 14.0. The van der Waals surface area contributed by atoms with E-state index in [1.807, 2.05) is 38.2 Å². The Morgan fingerprint density at radius 3 is 2.05 bits per heavy atom. The van der Waals surface area contributed by atoms with Gasteiger partial charge in [0.2, 0.25) is 0 Å². The minimum absolute atomic E-state index is 0.00618. The Labute approximate surface area is 344 Å². The third kappa shape index (κ3) is 10.8. The first kappa shape index (κ1) is 49.7. The number of ketones is 3. The highest BCUT2D eigenvalue weighted by molar-refractivity contribution is 5.91. The quantitative estimate of drug-likeness (QED) is 0.221. The first-order valence-corrected chi connectivity index (χ1v) is 21.2. The van der Waals surface area contributed by atoms with Crippen molar-refractivity contribution in [3.8, 4) is 0 Å². The average Bonchev–Trinajstić information content (AvgIpc) is 3.16. The monoisotopic (exact) mass is 820 g/mol. The third-order valence-corrected chi connectivity index (χ3v) is 13.3. The van der Waals surface area contributed by atoms with E-state index < -0.39 is 119 Å². The number of ether oxygens (including phenoxy) is 3. The highest BCUT2D eigenvalue weighted by Gasteiger charge is 2.69. The van der Waals surface area contributed by atoms with Crippen LogP contribution in [0.25, 0.3) is 0 Å². The fourth-order valence-corrected chi connectivity index (χ4v) is 8.94. The Hall–Kier alpha value is -2.62. The molecular weight excluding hydrogens is 748 g/mol. The minimum Gasteiger partial charge on any atom is -0.456 e. The molecule has 18 atom stereocenters. The van der Waals surface area contributed by atoms with Crippen molar-refractivity contribution in [3.05, 3.63) is 36.5 Å². The Morgan fingerprint density at radius 2 is 1.45 bits per heavy atom. The summed E-state index contributed by atoms with van der Waals surface area (Å²) in [6.45, 7) is 17.4. The van der Waals surface area contributed by atoms with E-state index in [9.17, 15) is 49.8 Å². The highest BCUT2D eigenvalue weighted by atomic mass is 16.7. The number of allylic oxidation sites excluding steroid dienone is 4. The molecule has 2 bridgehead atoms. The molecule has 13 heteroatoms. The number of hydrogen-bond acceptors (Lipinski definition) is 13. The van der Waals surface area contributed by atoms with Crippen LogP contribution in [0.15, 0.2) is 36.5 Å². The lowest BCUT2D eigenvalue weighted by molar-refractivity contribution is -0.388. The molecule has 3 aliphatic heterocycles. The van der Waals surface area contributed by atoms with Crippen LogP contribution in [0.3, 0.4) is 0 Å². The van der Waals surface area contributed by atoms with Gasteiger partial charge in [0.25, 0.3) is 5.79 Å². The van der Waals surface area contributed by atoms with Crippen molar-refractivity contribution in [1.29, 1.82) is 0 Å². The van der Waals surface area contributed by atoms with Gasteiger partial charge in [0.05, 0.1) is 36.6 Å². The third-order valence-electron chi connectivity index (χ3n) is 13.3. The molecule has 0 radical (unpaired) electrons. The molecule has 6 N–H and O–H groups in total. The molecule has 0 saturated carbocycles. The van der Waals surface area contributed by atoms with E-state index >= 15 is 0 Å². The van der Waals surface area contributed by atoms with Crippen LogP contribution in [0.2, 0.25) is 0 Å². The van der Waals surface area contributed by atoms with Crippen LogP contribution in [0.4, 0.5) is 0 Å². The smallest absolute Gasteiger partial charge is 0.330 e. The number of Topliss-reactive ketones (excluding diaryl/α,β-unsaturated/α-hetero) is 3. The van der Waals surface area contributed by atoms with Crippen LogP contribution in [0.1, 0.15) is 115 Å². The van der Waals surface area contributed by atoms with Gasteiger partial charge in [-0.2, -0.15) is 0 Å². The van der Waals surface area contributed by atoms with Crippen molar-refractivity contribution in [2.24, 2.45) is 47.3 Å². The molecule has 3 aliphatic rings. The maximum Gasteiger partial charge on any atom is 0.330 e. The zero-order valence-corrected chi connectivity index (χ0v) is 36.4. The fourth-order valence-electron chi connectivity index (χ4n) is 8.94. The van der Waals surface area contributed by atoms with Crippen LogP contribution in [-0.2, 0) is 33.4 Å². The number of hydrogen-bond donors (Lipinski definition) is 6. The van der Waals surface area contributed by atoms with Gasteiger partial charge in [-0.15, -0.1) is 0 Å². The number of fused-ring (bicyclic) bond motifs is 2. The number of esters is 1. The summed E-state index contributed by atoms with van der Waals surface area (Å²) in [7, 11) is 0.